The van der Waals surface area contributed by atoms with Crippen LogP contribution >= 0.6 is 0 Å². The van der Waals surface area contributed by atoms with Crippen LogP contribution in [0, 0.1) is 12.3 Å². The molecule has 1 N–H and O–H groups in total. The van der Waals surface area contributed by atoms with E-state index < -0.39 is 0 Å². The molecule has 0 aromatic carbocycles. The van der Waals surface area contributed by atoms with Gasteiger partial charge in [-0.05, 0) is 13.8 Å². The van der Waals surface area contributed by atoms with Gasteiger partial charge in [0.2, 0.25) is 0 Å². The summed E-state index contributed by atoms with van der Waals surface area (Å²) in [6.07, 6.45) is 5.60. The Balaban J connectivity index is 0. The molecule has 0 saturated heterocycles. The second kappa shape index (κ2) is 8.86. The second-order valence-electron chi connectivity index (χ2n) is 2.49. The summed E-state index contributed by atoms with van der Waals surface area (Å²) in [5.74, 6) is 2.49. The van der Waals surface area contributed by atoms with E-state index in [1.807, 2.05) is 6.92 Å². The topological polar surface area (TPSA) is 37.3 Å². The van der Waals surface area contributed by atoms with Crippen molar-refractivity contribution >= 4 is 5.78 Å². The minimum atomic E-state index is 0.0272. The Kier molecular flexibility index (Phi) is 9.75. The predicted molar refractivity (Wildman–Crippen MR) is 55.4 cm³/mol. The van der Waals surface area contributed by atoms with E-state index in [-0.39, 0.29) is 11.5 Å². The number of carbonyl (C=O) groups is 1. The number of carbonyl (C=O) groups excluding carboxylic acids is 1. The lowest BCUT2D eigenvalue weighted by molar-refractivity contribution is -0.115. The molecule has 0 bridgehead atoms. The van der Waals surface area contributed by atoms with Crippen LogP contribution in [0.3, 0.4) is 0 Å². The first kappa shape index (κ1) is 14.3. The third kappa shape index (κ3) is 7.14. The van der Waals surface area contributed by atoms with E-state index in [0.717, 1.165) is 0 Å². The Labute approximate surface area is 80.7 Å². The Morgan fingerprint density at radius 1 is 1.38 bits per heavy atom. The van der Waals surface area contributed by atoms with Crippen molar-refractivity contribution in [2.24, 2.45) is 0 Å². The fourth-order valence-corrected chi connectivity index (χ4v) is 0.691. The molecule has 0 saturated carbocycles. The Hall–Kier alpha value is -1.23. The van der Waals surface area contributed by atoms with Crippen LogP contribution in [0.25, 0.3) is 0 Å². The van der Waals surface area contributed by atoms with Gasteiger partial charge in [0, 0.05) is 18.4 Å². The van der Waals surface area contributed by atoms with E-state index >= 15 is 0 Å². The number of hydrogen-bond acceptors (Lipinski definition) is 2. The van der Waals surface area contributed by atoms with Crippen molar-refractivity contribution in [2.75, 3.05) is 0 Å². The summed E-state index contributed by atoms with van der Waals surface area (Å²) in [4.78, 5) is 10.9. The summed E-state index contributed by atoms with van der Waals surface area (Å²) in [7, 11) is 0. The van der Waals surface area contributed by atoms with E-state index in [2.05, 4.69) is 12.3 Å². The SMILES string of the molecule is C#CC.CCC(=O)/C(C)=C(\O)CC. The lowest BCUT2D eigenvalue weighted by Gasteiger charge is -1.99. The zero-order valence-corrected chi connectivity index (χ0v) is 8.85. The Bertz CT molecular complexity index is 219. The van der Waals surface area contributed by atoms with E-state index in [1.165, 1.54) is 0 Å². The largest absolute Gasteiger partial charge is 0.512 e. The van der Waals surface area contributed by atoms with Gasteiger partial charge in [-0.2, -0.15) is 0 Å². The first-order valence-corrected chi connectivity index (χ1v) is 4.34. The average molecular weight is 182 g/mol. The van der Waals surface area contributed by atoms with E-state index in [0.29, 0.717) is 18.4 Å². The standard InChI is InChI=1S/C8H14O2.C3H4/c1-4-7(9)6(3)8(10)5-2;1-3-2/h9H,4-5H2,1-3H3;1H,2H3/b7-6-;. The highest BCUT2D eigenvalue weighted by Gasteiger charge is 2.05. The predicted octanol–water partition coefficient (Wildman–Crippen LogP) is 2.85. The van der Waals surface area contributed by atoms with E-state index in [4.69, 9.17) is 5.11 Å². The average Bonchev–Trinajstić information content (AvgIpc) is 2.15. The van der Waals surface area contributed by atoms with Crippen LogP contribution in [0.2, 0.25) is 0 Å². The first-order valence-electron chi connectivity index (χ1n) is 4.34. The zero-order chi connectivity index (χ0) is 10.9. The third-order valence-electron chi connectivity index (χ3n) is 1.51. The molecule has 13 heavy (non-hydrogen) atoms. The summed E-state index contributed by atoms with van der Waals surface area (Å²) >= 11 is 0. The molecule has 0 rings (SSSR count). The van der Waals surface area contributed by atoms with Crippen molar-refractivity contribution in [3.8, 4) is 12.3 Å². The minimum Gasteiger partial charge on any atom is -0.512 e. The number of terminal acetylenes is 1. The molecule has 0 aliphatic carbocycles. The van der Waals surface area contributed by atoms with Crippen molar-refractivity contribution in [1.29, 1.82) is 0 Å². The van der Waals surface area contributed by atoms with Crippen LogP contribution < -0.4 is 0 Å². The Morgan fingerprint density at radius 3 is 2.00 bits per heavy atom. The molecule has 0 aliphatic heterocycles. The maximum absolute atomic E-state index is 10.9. The number of rotatable bonds is 3. The van der Waals surface area contributed by atoms with Crippen molar-refractivity contribution < 1.29 is 9.90 Å². The van der Waals surface area contributed by atoms with Gasteiger partial charge < -0.3 is 5.11 Å². The van der Waals surface area contributed by atoms with Gasteiger partial charge in [0.1, 0.15) is 0 Å². The molecule has 2 heteroatoms. The zero-order valence-electron chi connectivity index (χ0n) is 8.85. The fourth-order valence-electron chi connectivity index (χ4n) is 0.691. The summed E-state index contributed by atoms with van der Waals surface area (Å²) in [5, 5.41) is 9.09. The van der Waals surface area contributed by atoms with Gasteiger partial charge in [-0.15, -0.1) is 12.3 Å². The number of aliphatic hydroxyl groups excluding tert-OH is 1. The maximum Gasteiger partial charge on any atom is 0.161 e. The van der Waals surface area contributed by atoms with Gasteiger partial charge >= 0.3 is 0 Å². The van der Waals surface area contributed by atoms with E-state index in [9.17, 15) is 4.79 Å². The highest BCUT2D eigenvalue weighted by atomic mass is 16.3. The van der Waals surface area contributed by atoms with Crippen LogP contribution in [-0.2, 0) is 4.79 Å². The summed E-state index contributed by atoms with van der Waals surface area (Å²) in [6, 6.07) is 0. The smallest absolute Gasteiger partial charge is 0.161 e. The number of Topliss-reactive ketones (excluding diaryl/α,β-unsaturated/α-hetero) is 1. The van der Waals surface area contributed by atoms with Crippen molar-refractivity contribution in [3.63, 3.8) is 0 Å². The molecule has 0 heterocycles. The summed E-state index contributed by atoms with van der Waals surface area (Å²) in [6.45, 7) is 6.92. The number of ketones is 1. The molecule has 0 radical (unpaired) electrons. The van der Waals surface area contributed by atoms with Crippen LogP contribution in [-0.4, -0.2) is 10.9 Å². The van der Waals surface area contributed by atoms with Gasteiger partial charge in [0.15, 0.2) is 5.78 Å². The molecule has 0 atom stereocenters. The lowest BCUT2D eigenvalue weighted by atomic mass is 10.1. The molecule has 0 unspecified atom stereocenters. The fraction of sp³-hybridized carbons (Fsp3) is 0.545. The quantitative estimate of drug-likeness (QED) is 0.414. The van der Waals surface area contributed by atoms with Crippen molar-refractivity contribution in [3.05, 3.63) is 11.3 Å². The molecule has 74 valence electrons. The molecule has 0 fully saturated rings. The highest BCUT2D eigenvalue weighted by molar-refractivity contribution is 5.94. The number of allylic oxidation sites excluding steroid dienone is 2. The summed E-state index contributed by atoms with van der Waals surface area (Å²) < 4.78 is 0. The van der Waals surface area contributed by atoms with Gasteiger partial charge in [-0.25, -0.2) is 0 Å². The second-order valence-corrected chi connectivity index (χ2v) is 2.49. The molecule has 0 aliphatic rings. The maximum atomic E-state index is 10.9. The highest BCUT2D eigenvalue weighted by Crippen LogP contribution is 2.06. The molecular weight excluding hydrogens is 164 g/mol. The monoisotopic (exact) mass is 182 g/mol. The molecular formula is C11H18O2. The van der Waals surface area contributed by atoms with E-state index in [1.54, 1.807) is 20.8 Å². The third-order valence-corrected chi connectivity index (χ3v) is 1.51. The minimum absolute atomic E-state index is 0.0272. The number of aliphatic hydroxyl groups is 1. The van der Waals surface area contributed by atoms with Crippen molar-refractivity contribution in [2.45, 2.75) is 40.5 Å². The molecule has 0 aromatic heterocycles. The van der Waals surface area contributed by atoms with Gasteiger partial charge in [-0.3, -0.25) is 4.79 Å². The lowest BCUT2D eigenvalue weighted by Crippen LogP contribution is -2.00. The first-order chi connectivity index (χ1) is 6.04. The molecule has 0 amide bonds. The van der Waals surface area contributed by atoms with Gasteiger partial charge in [0.25, 0.3) is 0 Å². The molecule has 2 nitrogen and oxygen atoms in total. The van der Waals surface area contributed by atoms with Gasteiger partial charge in [0.05, 0.1) is 5.76 Å². The van der Waals surface area contributed by atoms with Crippen LogP contribution in [0.15, 0.2) is 11.3 Å². The van der Waals surface area contributed by atoms with Crippen LogP contribution in [0.5, 0.6) is 0 Å². The number of hydrogen-bond donors (Lipinski definition) is 1. The molecule has 0 aromatic rings. The van der Waals surface area contributed by atoms with Gasteiger partial charge in [-0.1, -0.05) is 13.8 Å². The Morgan fingerprint density at radius 2 is 1.77 bits per heavy atom. The normalized spacial score (nSPS) is 10.4. The van der Waals surface area contributed by atoms with Crippen LogP contribution in [0.1, 0.15) is 40.5 Å². The van der Waals surface area contributed by atoms with Crippen molar-refractivity contribution in [1.82, 2.24) is 0 Å². The summed E-state index contributed by atoms with van der Waals surface area (Å²) in [5.41, 5.74) is 0.505. The molecule has 0 spiro atoms. The van der Waals surface area contributed by atoms with Crippen LogP contribution in [0.4, 0.5) is 0 Å².